The van der Waals surface area contributed by atoms with E-state index in [0.29, 0.717) is 111 Å². The van der Waals surface area contributed by atoms with E-state index in [0.717, 1.165) is 5.75 Å². The number of hydrogen-bond donors (Lipinski definition) is 1. The van der Waals surface area contributed by atoms with E-state index >= 15 is 0 Å². The first-order valence-corrected chi connectivity index (χ1v) is 12.4. The second-order valence-electron chi connectivity index (χ2n) is 7.33. The van der Waals surface area contributed by atoms with Crippen LogP contribution in [0.2, 0.25) is 0 Å². The van der Waals surface area contributed by atoms with E-state index in [-0.39, 0.29) is 6.61 Å². The zero-order chi connectivity index (χ0) is 26.7. The van der Waals surface area contributed by atoms with E-state index in [9.17, 15) is 4.79 Å². The maximum atomic E-state index is 10.8. The van der Waals surface area contributed by atoms with Crippen LogP contribution in [0.1, 0.15) is 0 Å². The van der Waals surface area contributed by atoms with Crippen LogP contribution in [0, 0.1) is 0 Å². The van der Waals surface area contributed by atoms with E-state index in [2.05, 4.69) is 4.74 Å². The van der Waals surface area contributed by atoms with E-state index < -0.39 is 5.97 Å². The average Bonchev–Trinajstić information content (AvgIpc) is 2.91. The highest BCUT2D eigenvalue weighted by atomic mass is 16.6. The Kier molecular flexibility index (Phi) is 22.8. The molecule has 0 saturated heterocycles. The Labute approximate surface area is 219 Å². The van der Waals surface area contributed by atoms with Gasteiger partial charge in [-0.05, 0) is 24.3 Å². The topological polar surface area (TPSA) is 135 Å². The summed E-state index contributed by atoms with van der Waals surface area (Å²) in [6.07, 6.45) is 0. The first-order chi connectivity index (χ1) is 18.2. The molecule has 12 nitrogen and oxygen atoms in total. The minimum absolute atomic E-state index is 0.0684. The number of esters is 1. The molecule has 1 aromatic rings. The predicted octanol–water partition coefficient (Wildman–Crippen LogP) is 0.953. The van der Waals surface area contributed by atoms with Gasteiger partial charge in [-0.3, -0.25) is 0 Å². The second-order valence-corrected chi connectivity index (χ2v) is 7.33. The number of methoxy groups -OCH3 is 1. The Morgan fingerprint density at radius 2 is 0.865 bits per heavy atom. The van der Waals surface area contributed by atoms with Crippen LogP contribution in [0.4, 0.5) is 5.69 Å². The van der Waals surface area contributed by atoms with Crippen molar-refractivity contribution in [3.05, 3.63) is 24.3 Å². The SMILES string of the molecule is COC(=O)COCCOCCOCCOCCOCCOCCOCCOCCOc1ccc(N)cc1. The molecule has 0 radical (unpaired) electrons. The predicted molar refractivity (Wildman–Crippen MR) is 135 cm³/mol. The van der Waals surface area contributed by atoms with Crippen molar-refractivity contribution < 1.29 is 52.2 Å². The molecule has 0 heterocycles. The Balaban J connectivity index is 1.66. The molecule has 0 atom stereocenters. The van der Waals surface area contributed by atoms with Crippen LogP contribution < -0.4 is 10.5 Å². The van der Waals surface area contributed by atoms with Crippen LogP contribution in [-0.4, -0.2) is 125 Å². The number of benzene rings is 1. The van der Waals surface area contributed by atoms with E-state index in [1.807, 2.05) is 12.1 Å². The van der Waals surface area contributed by atoms with Crippen molar-refractivity contribution >= 4 is 11.7 Å². The second kappa shape index (κ2) is 25.6. The number of ether oxygens (including phenoxy) is 10. The molecule has 0 bridgehead atoms. The number of carbonyl (C=O) groups excluding carboxylic acids is 1. The monoisotopic (exact) mass is 533 g/mol. The third kappa shape index (κ3) is 22.9. The van der Waals surface area contributed by atoms with Gasteiger partial charge in [0.1, 0.15) is 19.0 Å². The zero-order valence-corrected chi connectivity index (χ0v) is 21.9. The van der Waals surface area contributed by atoms with E-state index in [4.69, 9.17) is 48.4 Å². The van der Waals surface area contributed by atoms with Crippen LogP contribution in [0.25, 0.3) is 0 Å². The maximum Gasteiger partial charge on any atom is 0.331 e. The van der Waals surface area contributed by atoms with Gasteiger partial charge in [-0.25, -0.2) is 4.79 Å². The minimum atomic E-state index is -0.407. The molecular weight excluding hydrogens is 490 g/mol. The molecule has 12 heteroatoms. The summed E-state index contributed by atoms with van der Waals surface area (Å²) in [5.74, 6) is 0.362. The van der Waals surface area contributed by atoms with Crippen molar-refractivity contribution in [1.82, 2.24) is 0 Å². The van der Waals surface area contributed by atoms with Crippen LogP contribution >= 0.6 is 0 Å². The molecule has 0 unspecified atom stereocenters. The van der Waals surface area contributed by atoms with Crippen molar-refractivity contribution in [3.8, 4) is 5.75 Å². The Morgan fingerprint density at radius 1 is 0.541 bits per heavy atom. The smallest absolute Gasteiger partial charge is 0.331 e. The third-order valence-corrected chi connectivity index (χ3v) is 4.43. The first kappa shape index (κ1) is 33.0. The molecule has 0 amide bonds. The highest BCUT2D eigenvalue weighted by molar-refractivity contribution is 5.70. The Morgan fingerprint density at radius 3 is 1.22 bits per heavy atom. The molecule has 2 N–H and O–H groups in total. The van der Waals surface area contributed by atoms with Gasteiger partial charge in [0.05, 0.1) is 106 Å². The van der Waals surface area contributed by atoms with Crippen molar-refractivity contribution in [2.45, 2.75) is 0 Å². The summed E-state index contributed by atoms with van der Waals surface area (Å²) >= 11 is 0. The summed E-state index contributed by atoms with van der Waals surface area (Å²) in [5, 5.41) is 0. The average molecular weight is 534 g/mol. The van der Waals surface area contributed by atoms with Crippen LogP contribution in [0.3, 0.4) is 0 Å². The molecule has 37 heavy (non-hydrogen) atoms. The van der Waals surface area contributed by atoms with Gasteiger partial charge >= 0.3 is 5.97 Å². The molecule has 0 aliphatic heterocycles. The third-order valence-electron chi connectivity index (χ3n) is 4.43. The fourth-order valence-electron chi connectivity index (χ4n) is 2.54. The maximum absolute atomic E-state index is 10.8. The van der Waals surface area contributed by atoms with Crippen molar-refractivity contribution in [1.29, 1.82) is 0 Å². The molecule has 0 saturated carbocycles. The van der Waals surface area contributed by atoms with Crippen molar-refractivity contribution in [2.24, 2.45) is 0 Å². The zero-order valence-electron chi connectivity index (χ0n) is 21.9. The summed E-state index contributed by atoms with van der Waals surface area (Å²) in [7, 11) is 1.31. The Hall–Kier alpha value is -2.03. The molecule has 1 aromatic carbocycles. The quantitative estimate of drug-likeness (QED) is 0.0980. The van der Waals surface area contributed by atoms with Gasteiger partial charge in [0.25, 0.3) is 0 Å². The lowest BCUT2D eigenvalue weighted by atomic mass is 10.3. The number of carbonyl (C=O) groups is 1. The minimum Gasteiger partial charge on any atom is -0.491 e. The molecule has 0 spiro atoms. The van der Waals surface area contributed by atoms with Crippen LogP contribution in [-0.2, 0) is 47.4 Å². The molecule has 1 rings (SSSR count). The highest BCUT2D eigenvalue weighted by Gasteiger charge is 1.99. The molecule has 0 aliphatic rings. The van der Waals surface area contributed by atoms with Crippen LogP contribution in [0.15, 0.2) is 24.3 Å². The van der Waals surface area contributed by atoms with Gasteiger partial charge < -0.3 is 53.1 Å². The van der Waals surface area contributed by atoms with Crippen LogP contribution in [0.5, 0.6) is 5.75 Å². The van der Waals surface area contributed by atoms with E-state index in [1.165, 1.54) is 7.11 Å². The molecule has 0 aliphatic carbocycles. The summed E-state index contributed by atoms with van der Waals surface area (Å²) in [5.41, 5.74) is 6.33. The summed E-state index contributed by atoms with van der Waals surface area (Å²) in [6.45, 7) is 7.49. The normalized spacial score (nSPS) is 11.1. The largest absolute Gasteiger partial charge is 0.491 e. The lowest BCUT2D eigenvalue weighted by molar-refractivity contribution is -0.146. The number of nitrogen functional groups attached to an aromatic ring is 1. The molecular formula is C25H43NO11. The Bertz CT molecular complexity index is 634. The fraction of sp³-hybridized carbons (Fsp3) is 0.720. The summed E-state index contributed by atoms with van der Waals surface area (Å²) in [6, 6.07) is 7.24. The van der Waals surface area contributed by atoms with Crippen molar-refractivity contribution in [2.75, 3.05) is 125 Å². The number of anilines is 1. The number of nitrogens with two attached hydrogens (primary N) is 1. The fourth-order valence-corrected chi connectivity index (χ4v) is 2.54. The molecule has 0 aromatic heterocycles. The van der Waals surface area contributed by atoms with Gasteiger partial charge in [0.2, 0.25) is 0 Å². The molecule has 214 valence electrons. The lowest BCUT2D eigenvalue weighted by Gasteiger charge is -2.09. The number of rotatable bonds is 27. The van der Waals surface area contributed by atoms with Crippen molar-refractivity contribution in [3.63, 3.8) is 0 Å². The van der Waals surface area contributed by atoms with Gasteiger partial charge in [0.15, 0.2) is 0 Å². The summed E-state index contributed by atoms with van der Waals surface area (Å²) in [4.78, 5) is 10.8. The van der Waals surface area contributed by atoms with Gasteiger partial charge in [-0.1, -0.05) is 0 Å². The summed E-state index contributed by atoms with van der Waals surface area (Å²) < 4.78 is 52.9. The number of hydrogen-bond acceptors (Lipinski definition) is 12. The van der Waals surface area contributed by atoms with Gasteiger partial charge in [-0.15, -0.1) is 0 Å². The van der Waals surface area contributed by atoms with Gasteiger partial charge in [0, 0.05) is 5.69 Å². The standard InChI is InChI=1S/C25H43NO11/c1-28-25(27)22-36-19-18-34-15-14-32-11-10-30-7-6-29-8-9-31-12-13-33-16-17-35-20-21-37-24-4-2-23(26)3-5-24/h2-5H,6-22,26H2,1H3. The van der Waals surface area contributed by atoms with E-state index in [1.54, 1.807) is 12.1 Å². The highest BCUT2D eigenvalue weighted by Crippen LogP contribution is 2.12. The van der Waals surface area contributed by atoms with Gasteiger partial charge in [-0.2, -0.15) is 0 Å². The first-order valence-electron chi connectivity index (χ1n) is 12.4. The molecule has 0 fully saturated rings. The lowest BCUT2D eigenvalue weighted by Crippen LogP contribution is -2.16.